The number of thiophene rings is 2. The van der Waals surface area contributed by atoms with E-state index >= 15 is 0 Å². The average molecular weight is 295 g/mol. The third-order valence-electron chi connectivity index (χ3n) is 2.67. The van der Waals surface area contributed by atoms with Gasteiger partial charge in [0.25, 0.3) is 0 Å². The van der Waals surface area contributed by atoms with Gasteiger partial charge < -0.3 is 5.32 Å². The number of nitrogens with one attached hydrogen (secondary N) is 1. The summed E-state index contributed by atoms with van der Waals surface area (Å²) in [5.74, 6) is 0. The number of nitrogens with zero attached hydrogens (tertiary/aromatic N) is 2. The summed E-state index contributed by atoms with van der Waals surface area (Å²) in [5.41, 5.74) is 0. The predicted molar refractivity (Wildman–Crippen MR) is 80.7 cm³/mol. The molecule has 0 aliphatic carbocycles. The second-order valence-corrected chi connectivity index (χ2v) is 7.03. The van der Waals surface area contributed by atoms with E-state index in [2.05, 4.69) is 46.9 Å². The summed E-state index contributed by atoms with van der Waals surface area (Å²) in [7, 11) is 0. The van der Waals surface area contributed by atoms with Crippen LogP contribution in [0.2, 0.25) is 0 Å². The number of hydrogen-bond acceptors (Lipinski definition) is 6. The molecular formula is C12H13N3S3. The van der Waals surface area contributed by atoms with E-state index in [9.17, 15) is 0 Å². The highest BCUT2D eigenvalue weighted by molar-refractivity contribution is 7.30. The minimum Gasteiger partial charge on any atom is -0.308 e. The SMILES string of the molecule is CCNC(C)c1nnc(-c2cc3sccc3s2)s1. The van der Waals surface area contributed by atoms with Crippen molar-refractivity contribution < 1.29 is 0 Å². The molecule has 0 spiro atoms. The van der Waals surface area contributed by atoms with Crippen LogP contribution in [0.3, 0.4) is 0 Å². The van der Waals surface area contributed by atoms with E-state index in [1.807, 2.05) is 0 Å². The Morgan fingerprint density at radius 2 is 2.17 bits per heavy atom. The molecule has 3 nitrogen and oxygen atoms in total. The van der Waals surface area contributed by atoms with Gasteiger partial charge in [-0.1, -0.05) is 18.3 Å². The molecule has 3 heterocycles. The van der Waals surface area contributed by atoms with Gasteiger partial charge in [0.15, 0.2) is 5.01 Å². The molecule has 0 aliphatic heterocycles. The Labute approximate surface area is 118 Å². The van der Waals surface area contributed by atoms with Crippen molar-refractivity contribution in [2.75, 3.05) is 6.54 Å². The lowest BCUT2D eigenvalue weighted by Gasteiger charge is -2.06. The molecule has 3 aromatic rings. The summed E-state index contributed by atoms with van der Waals surface area (Å²) in [6.07, 6.45) is 0. The van der Waals surface area contributed by atoms with Crippen LogP contribution in [0.15, 0.2) is 17.5 Å². The van der Waals surface area contributed by atoms with Gasteiger partial charge in [0.05, 0.1) is 10.9 Å². The molecule has 0 radical (unpaired) electrons. The maximum absolute atomic E-state index is 4.31. The molecule has 1 unspecified atom stereocenters. The van der Waals surface area contributed by atoms with Crippen LogP contribution in [0, 0.1) is 0 Å². The number of fused-ring (bicyclic) bond motifs is 1. The second kappa shape index (κ2) is 5.05. The van der Waals surface area contributed by atoms with Crippen molar-refractivity contribution in [1.29, 1.82) is 0 Å². The first kappa shape index (κ1) is 12.2. The number of aromatic nitrogens is 2. The lowest BCUT2D eigenvalue weighted by molar-refractivity contribution is 0.590. The van der Waals surface area contributed by atoms with Crippen LogP contribution in [-0.4, -0.2) is 16.7 Å². The van der Waals surface area contributed by atoms with Gasteiger partial charge in [0.1, 0.15) is 5.01 Å². The molecule has 0 saturated heterocycles. The Morgan fingerprint density at radius 1 is 1.28 bits per heavy atom. The van der Waals surface area contributed by atoms with Crippen LogP contribution in [0.4, 0.5) is 0 Å². The van der Waals surface area contributed by atoms with Crippen LogP contribution < -0.4 is 5.32 Å². The topological polar surface area (TPSA) is 37.8 Å². The number of hydrogen-bond donors (Lipinski definition) is 1. The summed E-state index contributed by atoms with van der Waals surface area (Å²) in [5, 5.41) is 16.2. The molecule has 3 rings (SSSR count). The molecule has 3 aromatic heterocycles. The molecular weight excluding hydrogens is 282 g/mol. The van der Waals surface area contributed by atoms with E-state index in [0.29, 0.717) is 0 Å². The van der Waals surface area contributed by atoms with Crippen LogP contribution in [-0.2, 0) is 0 Å². The molecule has 0 aliphatic rings. The highest BCUT2D eigenvalue weighted by Crippen LogP contribution is 2.37. The Balaban J connectivity index is 1.90. The van der Waals surface area contributed by atoms with Gasteiger partial charge in [-0.05, 0) is 31.0 Å². The number of rotatable bonds is 4. The van der Waals surface area contributed by atoms with Crippen LogP contribution in [0.25, 0.3) is 19.3 Å². The van der Waals surface area contributed by atoms with Crippen molar-refractivity contribution in [2.24, 2.45) is 0 Å². The van der Waals surface area contributed by atoms with E-state index in [0.717, 1.165) is 16.6 Å². The van der Waals surface area contributed by atoms with Gasteiger partial charge >= 0.3 is 0 Å². The van der Waals surface area contributed by atoms with Crippen molar-refractivity contribution in [2.45, 2.75) is 19.9 Å². The van der Waals surface area contributed by atoms with E-state index in [-0.39, 0.29) is 6.04 Å². The fourth-order valence-corrected chi connectivity index (χ4v) is 4.79. The van der Waals surface area contributed by atoms with Crippen molar-refractivity contribution in [3.05, 3.63) is 22.5 Å². The van der Waals surface area contributed by atoms with Gasteiger partial charge in [-0.25, -0.2) is 0 Å². The molecule has 0 fully saturated rings. The van der Waals surface area contributed by atoms with Gasteiger partial charge in [-0.15, -0.1) is 32.9 Å². The van der Waals surface area contributed by atoms with Crippen molar-refractivity contribution in [3.8, 4) is 9.88 Å². The fourth-order valence-electron chi connectivity index (χ4n) is 1.77. The minimum absolute atomic E-state index is 0.280. The third-order valence-corrected chi connectivity index (χ3v) is 6.04. The molecule has 0 bridgehead atoms. The highest BCUT2D eigenvalue weighted by atomic mass is 32.1. The Hall–Kier alpha value is -0.820. The molecule has 1 atom stereocenters. The maximum Gasteiger partial charge on any atom is 0.157 e. The Bertz CT molecular complexity index is 624. The van der Waals surface area contributed by atoms with E-state index in [1.54, 1.807) is 34.0 Å². The Kier molecular flexibility index (Phi) is 3.43. The second-order valence-electron chi connectivity index (χ2n) is 3.98. The van der Waals surface area contributed by atoms with Crippen LogP contribution >= 0.6 is 34.0 Å². The zero-order chi connectivity index (χ0) is 12.5. The summed E-state index contributed by atoms with van der Waals surface area (Å²) in [6.45, 7) is 5.18. The molecule has 0 aromatic carbocycles. The quantitative estimate of drug-likeness (QED) is 0.785. The normalized spacial score (nSPS) is 13.2. The van der Waals surface area contributed by atoms with Crippen molar-refractivity contribution >= 4 is 43.4 Å². The average Bonchev–Trinajstić information content (AvgIpc) is 3.03. The van der Waals surface area contributed by atoms with E-state index < -0.39 is 0 Å². The molecule has 94 valence electrons. The lowest BCUT2D eigenvalue weighted by atomic mass is 10.3. The zero-order valence-electron chi connectivity index (χ0n) is 10.1. The summed E-state index contributed by atoms with van der Waals surface area (Å²) in [6, 6.07) is 4.66. The lowest BCUT2D eigenvalue weighted by Crippen LogP contribution is -2.17. The molecule has 18 heavy (non-hydrogen) atoms. The standard InChI is InChI=1S/C12H13N3S3/c1-3-13-7(2)11-14-15-12(18-11)10-6-9-8(17-10)4-5-16-9/h4-7,13H,3H2,1-2H3. The molecule has 6 heteroatoms. The van der Waals surface area contributed by atoms with Gasteiger partial charge in [0.2, 0.25) is 0 Å². The first-order valence-electron chi connectivity index (χ1n) is 5.82. The third kappa shape index (κ3) is 2.21. The maximum atomic E-state index is 4.31. The van der Waals surface area contributed by atoms with E-state index in [1.165, 1.54) is 14.3 Å². The van der Waals surface area contributed by atoms with Gasteiger partial charge in [-0.2, -0.15) is 0 Å². The van der Waals surface area contributed by atoms with Crippen LogP contribution in [0.5, 0.6) is 0 Å². The van der Waals surface area contributed by atoms with Crippen molar-refractivity contribution in [1.82, 2.24) is 15.5 Å². The predicted octanol–water partition coefficient (Wildman–Crippen LogP) is 4.15. The van der Waals surface area contributed by atoms with Gasteiger partial charge in [-0.3, -0.25) is 0 Å². The zero-order valence-corrected chi connectivity index (χ0v) is 12.6. The summed E-state index contributed by atoms with van der Waals surface area (Å²) in [4.78, 5) is 1.23. The van der Waals surface area contributed by atoms with Crippen molar-refractivity contribution in [3.63, 3.8) is 0 Å². The fraction of sp³-hybridized carbons (Fsp3) is 0.333. The smallest absolute Gasteiger partial charge is 0.157 e. The first-order chi connectivity index (χ1) is 8.78. The largest absolute Gasteiger partial charge is 0.308 e. The molecule has 1 N–H and O–H groups in total. The minimum atomic E-state index is 0.280. The Morgan fingerprint density at radius 3 is 2.94 bits per heavy atom. The monoisotopic (exact) mass is 295 g/mol. The summed E-state index contributed by atoms with van der Waals surface area (Å²) >= 11 is 5.25. The first-order valence-corrected chi connectivity index (χ1v) is 8.33. The van der Waals surface area contributed by atoms with Gasteiger partial charge in [0, 0.05) is 9.40 Å². The summed E-state index contributed by atoms with van der Waals surface area (Å²) < 4.78 is 2.68. The van der Waals surface area contributed by atoms with Crippen LogP contribution in [0.1, 0.15) is 24.9 Å². The molecule has 0 saturated carbocycles. The van der Waals surface area contributed by atoms with E-state index in [4.69, 9.17) is 0 Å². The highest BCUT2D eigenvalue weighted by Gasteiger charge is 2.14. The molecule has 0 amide bonds.